The average Bonchev–Trinajstić information content (AvgIpc) is 3.22. The molecule has 3 heterocycles. The number of nitrogens with zero attached hydrogens (tertiary/aromatic N) is 4. The lowest BCUT2D eigenvalue weighted by molar-refractivity contribution is -0.137. The van der Waals surface area contributed by atoms with Gasteiger partial charge in [0.25, 0.3) is 5.91 Å². The van der Waals surface area contributed by atoms with Gasteiger partial charge in [-0.3, -0.25) is 9.69 Å². The summed E-state index contributed by atoms with van der Waals surface area (Å²) in [7, 11) is 1.88. The third-order valence-electron chi connectivity index (χ3n) is 8.54. The van der Waals surface area contributed by atoms with E-state index in [2.05, 4.69) is 9.97 Å². The van der Waals surface area contributed by atoms with Gasteiger partial charge in [0.05, 0.1) is 35.4 Å². The number of likely N-dealkylation sites (tertiary alicyclic amines) is 1. The number of alkyl halides is 1. The van der Waals surface area contributed by atoms with Gasteiger partial charge in [0.15, 0.2) is 5.72 Å². The molecule has 2 aliphatic heterocycles. The van der Waals surface area contributed by atoms with Crippen LogP contribution in [0.25, 0.3) is 0 Å². The fraction of sp³-hybridized carbons (Fsp3) is 0.452. The molecule has 0 saturated carbocycles. The Kier molecular flexibility index (Phi) is 8.83. The van der Waals surface area contributed by atoms with Crippen molar-refractivity contribution in [2.45, 2.75) is 62.8 Å². The van der Waals surface area contributed by atoms with Crippen molar-refractivity contribution in [3.63, 3.8) is 0 Å². The first-order valence-electron chi connectivity index (χ1n) is 14.2. The van der Waals surface area contributed by atoms with Crippen LogP contribution in [0.15, 0.2) is 48.8 Å². The molecule has 2 aliphatic rings. The second kappa shape index (κ2) is 12.0. The van der Waals surface area contributed by atoms with Crippen LogP contribution in [0.2, 0.25) is 10.0 Å². The van der Waals surface area contributed by atoms with Gasteiger partial charge in [-0.1, -0.05) is 42.3 Å². The maximum Gasteiger partial charge on any atom is 0.257 e. The van der Waals surface area contributed by atoms with Gasteiger partial charge in [0.2, 0.25) is 0 Å². The lowest BCUT2D eigenvalue weighted by atomic mass is 9.71. The van der Waals surface area contributed by atoms with E-state index >= 15 is 8.78 Å². The molecule has 0 aliphatic carbocycles. The standard InChI is InChI=1S/C31H34Cl2F2N4O4/c1-4-30(42,29(35)9-11-38(3)12-10-29)21-13-24-27(25(34)14-21)31(43-18-19(2)40,20-5-7-22(32)8-6-20)39(28(24)41)17-26-36-15-23(33)16-37-26/h5-8,13-16,19,40,42H,4,9-12,17-18H2,1-3H3/t19?,30?,31-/m1/s1. The summed E-state index contributed by atoms with van der Waals surface area (Å²) in [5, 5.41) is 22.8. The number of rotatable bonds is 9. The van der Waals surface area contributed by atoms with Crippen molar-refractivity contribution in [1.82, 2.24) is 19.8 Å². The van der Waals surface area contributed by atoms with Crippen LogP contribution in [0.1, 0.15) is 66.0 Å². The number of hydrogen-bond donors (Lipinski definition) is 2. The topological polar surface area (TPSA) is 99.0 Å². The van der Waals surface area contributed by atoms with Gasteiger partial charge < -0.3 is 19.8 Å². The van der Waals surface area contributed by atoms with Gasteiger partial charge >= 0.3 is 0 Å². The molecule has 1 saturated heterocycles. The second-order valence-electron chi connectivity index (χ2n) is 11.4. The molecule has 2 aromatic carbocycles. The number of benzene rings is 2. The summed E-state index contributed by atoms with van der Waals surface area (Å²) in [5.74, 6) is -1.32. The number of aliphatic hydroxyl groups is 2. The highest BCUT2D eigenvalue weighted by molar-refractivity contribution is 6.30. The Balaban J connectivity index is 1.73. The third kappa shape index (κ3) is 5.54. The van der Waals surface area contributed by atoms with Gasteiger partial charge in [0, 0.05) is 36.1 Å². The first-order chi connectivity index (χ1) is 20.3. The Morgan fingerprint density at radius 1 is 1.12 bits per heavy atom. The lowest BCUT2D eigenvalue weighted by Crippen LogP contribution is -2.54. The first-order valence-corrected chi connectivity index (χ1v) is 14.9. The van der Waals surface area contributed by atoms with Crippen LogP contribution < -0.4 is 0 Å². The predicted molar refractivity (Wildman–Crippen MR) is 158 cm³/mol. The Morgan fingerprint density at radius 3 is 2.33 bits per heavy atom. The number of amides is 1. The Morgan fingerprint density at radius 2 is 1.74 bits per heavy atom. The van der Waals surface area contributed by atoms with E-state index in [0.717, 1.165) is 6.07 Å². The van der Waals surface area contributed by atoms with Crippen LogP contribution in [0, 0.1) is 5.82 Å². The molecule has 12 heteroatoms. The lowest BCUT2D eigenvalue weighted by Gasteiger charge is -2.46. The van der Waals surface area contributed by atoms with Gasteiger partial charge in [-0.25, -0.2) is 18.7 Å². The van der Waals surface area contributed by atoms with Crippen molar-refractivity contribution >= 4 is 29.1 Å². The molecule has 3 atom stereocenters. The van der Waals surface area contributed by atoms with Crippen molar-refractivity contribution in [2.24, 2.45) is 0 Å². The minimum absolute atomic E-state index is 0.0308. The van der Waals surface area contributed by atoms with Crippen LogP contribution in [0.4, 0.5) is 8.78 Å². The SMILES string of the molecule is CCC(O)(c1cc(F)c2c(c1)C(=O)N(Cc1ncc(Cl)cn1)[C@@]2(OCC(C)O)c1ccc(Cl)cc1)C1(F)CCN(C)CC1. The Labute approximate surface area is 259 Å². The molecular formula is C31H34Cl2F2N4O4. The predicted octanol–water partition coefficient (Wildman–Crippen LogP) is 5.21. The fourth-order valence-corrected chi connectivity index (χ4v) is 6.37. The molecule has 0 radical (unpaired) electrons. The van der Waals surface area contributed by atoms with Crippen molar-refractivity contribution in [3.8, 4) is 0 Å². The summed E-state index contributed by atoms with van der Waals surface area (Å²) in [6.07, 6.45) is 1.84. The molecular weight excluding hydrogens is 601 g/mol. The molecule has 1 fully saturated rings. The van der Waals surface area contributed by atoms with Crippen LogP contribution in [-0.4, -0.2) is 74.4 Å². The minimum atomic E-state index is -2.06. The zero-order chi connectivity index (χ0) is 31.2. The van der Waals surface area contributed by atoms with E-state index in [1.807, 2.05) is 11.9 Å². The number of aliphatic hydroxyl groups excluding tert-OH is 1. The van der Waals surface area contributed by atoms with Crippen molar-refractivity contribution < 1.29 is 28.5 Å². The number of halogens is 4. The van der Waals surface area contributed by atoms with E-state index in [4.69, 9.17) is 27.9 Å². The van der Waals surface area contributed by atoms with E-state index in [1.165, 1.54) is 30.3 Å². The van der Waals surface area contributed by atoms with Gasteiger partial charge in [-0.15, -0.1) is 0 Å². The van der Waals surface area contributed by atoms with E-state index in [-0.39, 0.29) is 60.0 Å². The summed E-state index contributed by atoms with van der Waals surface area (Å²) in [6, 6.07) is 8.83. The van der Waals surface area contributed by atoms with E-state index in [0.29, 0.717) is 23.7 Å². The monoisotopic (exact) mass is 634 g/mol. The fourth-order valence-electron chi connectivity index (χ4n) is 6.14. The summed E-state index contributed by atoms with van der Waals surface area (Å²) in [4.78, 5) is 26.0. The highest BCUT2D eigenvalue weighted by Gasteiger charge is 2.57. The zero-order valence-corrected chi connectivity index (χ0v) is 25.7. The molecule has 43 heavy (non-hydrogen) atoms. The van der Waals surface area contributed by atoms with Crippen LogP contribution in [-0.2, 0) is 22.6 Å². The maximum absolute atomic E-state index is 16.7. The first kappa shape index (κ1) is 31.7. The Bertz CT molecular complexity index is 1490. The molecule has 230 valence electrons. The van der Waals surface area contributed by atoms with E-state index < -0.39 is 34.8 Å². The van der Waals surface area contributed by atoms with Crippen LogP contribution in [0.3, 0.4) is 0 Å². The quantitative estimate of drug-likeness (QED) is 0.333. The maximum atomic E-state index is 16.7. The number of aromatic nitrogens is 2. The summed E-state index contributed by atoms with van der Waals surface area (Å²) >= 11 is 12.2. The highest BCUT2D eigenvalue weighted by Crippen LogP contribution is 2.51. The Hall–Kier alpha value is -2.73. The minimum Gasteiger partial charge on any atom is -0.391 e. The normalized spacial score (nSPS) is 22.3. The largest absolute Gasteiger partial charge is 0.391 e. The molecule has 0 bridgehead atoms. The van der Waals surface area contributed by atoms with Crippen molar-refractivity contribution in [2.75, 3.05) is 26.7 Å². The third-order valence-corrected chi connectivity index (χ3v) is 8.98. The molecule has 2 unspecified atom stereocenters. The van der Waals surface area contributed by atoms with Crippen LogP contribution >= 0.6 is 23.2 Å². The molecule has 2 N–H and O–H groups in total. The van der Waals surface area contributed by atoms with Gasteiger partial charge in [0.1, 0.15) is 22.9 Å². The number of carbonyl (C=O) groups excluding carboxylic acids is 1. The van der Waals surface area contributed by atoms with E-state index in [1.54, 1.807) is 31.2 Å². The van der Waals surface area contributed by atoms with Crippen LogP contribution in [0.5, 0.6) is 0 Å². The van der Waals surface area contributed by atoms with Crippen molar-refractivity contribution in [3.05, 3.63) is 92.7 Å². The summed E-state index contributed by atoms with van der Waals surface area (Å²) in [6.45, 7) is 3.50. The molecule has 8 nitrogen and oxygen atoms in total. The van der Waals surface area contributed by atoms with Gasteiger partial charge in [-0.05, 0) is 63.1 Å². The van der Waals surface area contributed by atoms with E-state index in [9.17, 15) is 15.0 Å². The number of carbonyl (C=O) groups is 1. The number of fused-ring (bicyclic) bond motifs is 1. The number of hydrogen-bond acceptors (Lipinski definition) is 7. The summed E-state index contributed by atoms with van der Waals surface area (Å²) < 4.78 is 39.5. The zero-order valence-electron chi connectivity index (χ0n) is 24.2. The molecule has 0 spiro atoms. The smallest absolute Gasteiger partial charge is 0.257 e. The van der Waals surface area contributed by atoms with Crippen molar-refractivity contribution in [1.29, 1.82) is 0 Å². The molecule has 1 amide bonds. The number of ether oxygens (including phenoxy) is 1. The second-order valence-corrected chi connectivity index (χ2v) is 12.3. The molecule has 5 rings (SSSR count). The highest BCUT2D eigenvalue weighted by atomic mass is 35.5. The molecule has 1 aromatic heterocycles. The average molecular weight is 636 g/mol. The molecule has 3 aromatic rings. The van der Waals surface area contributed by atoms with Gasteiger partial charge in [-0.2, -0.15) is 0 Å². The number of piperidine rings is 1. The summed E-state index contributed by atoms with van der Waals surface area (Å²) in [5.41, 5.74) is -5.89.